The van der Waals surface area contributed by atoms with Gasteiger partial charge in [0, 0.05) is 11.8 Å². The van der Waals surface area contributed by atoms with E-state index in [0.29, 0.717) is 5.82 Å². The molecule has 4 nitrogen and oxygen atoms in total. The van der Waals surface area contributed by atoms with E-state index < -0.39 is 0 Å². The Bertz CT molecular complexity index is 512. The highest BCUT2D eigenvalue weighted by atomic mass is 79.9. The van der Waals surface area contributed by atoms with Gasteiger partial charge in [-0.05, 0) is 34.5 Å². The summed E-state index contributed by atoms with van der Waals surface area (Å²) in [5, 5.41) is 0. The summed E-state index contributed by atoms with van der Waals surface area (Å²) in [4.78, 5) is 9.93. The molecule has 0 aliphatic rings. The number of nitrogens with one attached hydrogen (secondary N) is 1. The van der Waals surface area contributed by atoms with E-state index >= 15 is 0 Å². The molecule has 0 spiro atoms. The van der Waals surface area contributed by atoms with Gasteiger partial charge in [-0.2, -0.15) is 0 Å². The van der Waals surface area contributed by atoms with Crippen LogP contribution in [-0.4, -0.2) is 9.97 Å². The molecule has 0 aliphatic carbocycles. The summed E-state index contributed by atoms with van der Waals surface area (Å²) in [5.41, 5.74) is 3.59. The zero-order valence-corrected chi connectivity index (χ0v) is 11.8. The van der Waals surface area contributed by atoms with Gasteiger partial charge in [-0.1, -0.05) is 13.3 Å². The average Bonchev–Trinajstić information content (AvgIpc) is 2.76. The first-order chi connectivity index (χ1) is 8.22. The molecular weight excluding hydrogens is 300 g/mol. The lowest BCUT2D eigenvalue weighted by Crippen LogP contribution is -2.10. The van der Waals surface area contributed by atoms with E-state index in [-0.39, 0.29) is 0 Å². The lowest BCUT2D eigenvalue weighted by Gasteiger charge is -2.05. The summed E-state index contributed by atoms with van der Waals surface area (Å²) >= 11 is 5.05. The Labute approximate surface area is 112 Å². The second kappa shape index (κ2) is 5.57. The fourth-order valence-electron chi connectivity index (χ4n) is 1.50. The highest BCUT2D eigenvalue weighted by Gasteiger charge is 2.08. The number of aryl methyl sites for hydroxylation is 1. The molecule has 3 N–H and O–H groups in total. The van der Waals surface area contributed by atoms with Crippen LogP contribution in [0.4, 0.5) is 5.82 Å². The molecule has 2 aromatic rings. The maximum atomic E-state index is 5.42. The predicted molar refractivity (Wildman–Crippen MR) is 74.9 cm³/mol. The van der Waals surface area contributed by atoms with E-state index in [0.717, 1.165) is 33.0 Å². The predicted octanol–water partition coefficient (Wildman–Crippen LogP) is 3.21. The van der Waals surface area contributed by atoms with E-state index in [1.54, 1.807) is 11.3 Å². The van der Waals surface area contributed by atoms with Crippen LogP contribution >= 0.6 is 27.3 Å². The Morgan fingerprint density at radius 2 is 2.24 bits per heavy atom. The minimum Gasteiger partial charge on any atom is -0.308 e. The van der Waals surface area contributed by atoms with Crippen LogP contribution in [0.2, 0.25) is 0 Å². The number of thiophene rings is 1. The van der Waals surface area contributed by atoms with Crippen molar-refractivity contribution in [3.63, 3.8) is 0 Å². The molecule has 0 amide bonds. The summed E-state index contributed by atoms with van der Waals surface area (Å²) in [7, 11) is 0. The number of nitrogens with two attached hydrogens (primary N) is 1. The lowest BCUT2D eigenvalue weighted by molar-refractivity contribution is 0.876. The Kier molecular flexibility index (Phi) is 4.09. The first-order valence-electron chi connectivity index (χ1n) is 5.33. The third-order valence-corrected chi connectivity index (χ3v) is 3.85. The Balaban J connectivity index is 2.42. The Morgan fingerprint density at radius 3 is 2.82 bits per heavy atom. The molecule has 6 heteroatoms. The summed E-state index contributed by atoms with van der Waals surface area (Å²) in [6, 6.07) is 5.88. The maximum Gasteiger partial charge on any atom is 0.171 e. The summed E-state index contributed by atoms with van der Waals surface area (Å²) in [5.74, 6) is 6.80. The number of hydrogen-bond acceptors (Lipinski definition) is 5. The summed E-state index contributed by atoms with van der Waals surface area (Å²) in [6.07, 6.45) is 1.98. The van der Waals surface area contributed by atoms with Crippen LogP contribution in [0.15, 0.2) is 22.0 Å². The third-order valence-electron chi connectivity index (χ3n) is 2.23. The van der Waals surface area contributed by atoms with Gasteiger partial charge in [-0.25, -0.2) is 15.8 Å². The Morgan fingerprint density at radius 1 is 1.41 bits per heavy atom. The van der Waals surface area contributed by atoms with Crippen molar-refractivity contribution < 1.29 is 0 Å². The number of rotatable bonds is 4. The van der Waals surface area contributed by atoms with Gasteiger partial charge in [0.1, 0.15) is 5.82 Å². The number of hydrogen-bond donors (Lipinski definition) is 2. The minimum absolute atomic E-state index is 0.656. The molecule has 17 heavy (non-hydrogen) atoms. The molecule has 2 heterocycles. The SMILES string of the molecule is CCCc1cc(NN)nc(-c2ccc(Br)s2)n1. The zero-order valence-electron chi connectivity index (χ0n) is 9.40. The van der Waals surface area contributed by atoms with Crippen LogP contribution in [-0.2, 0) is 6.42 Å². The van der Waals surface area contributed by atoms with Crippen molar-refractivity contribution in [3.05, 3.63) is 27.7 Å². The number of nitrogen functional groups attached to an aromatic ring is 1. The van der Waals surface area contributed by atoms with Crippen molar-refractivity contribution in [2.45, 2.75) is 19.8 Å². The van der Waals surface area contributed by atoms with Crippen LogP contribution in [0.5, 0.6) is 0 Å². The van der Waals surface area contributed by atoms with Crippen LogP contribution < -0.4 is 11.3 Å². The van der Waals surface area contributed by atoms with E-state index in [2.05, 4.69) is 38.2 Å². The molecule has 2 aromatic heterocycles. The van der Waals surface area contributed by atoms with Crippen LogP contribution in [0.1, 0.15) is 19.0 Å². The molecule has 0 aliphatic heterocycles. The molecule has 0 aromatic carbocycles. The second-order valence-corrected chi connectivity index (χ2v) is 6.03. The van der Waals surface area contributed by atoms with E-state index in [1.165, 1.54) is 0 Å². The van der Waals surface area contributed by atoms with Crippen LogP contribution in [0.3, 0.4) is 0 Å². The van der Waals surface area contributed by atoms with Gasteiger partial charge in [-0.3, -0.25) is 0 Å². The van der Waals surface area contributed by atoms with Gasteiger partial charge in [0.05, 0.1) is 8.66 Å². The van der Waals surface area contributed by atoms with Gasteiger partial charge in [0.15, 0.2) is 5.82 Å². The van der Waals surface area contributed by atoms with Crippen LogP contribution in [0.25, 0.3) is 10.7 Å². The quantitative estimate of drug-likeness (QED) is 0.672. The highest BCUT2D eigenvalue weighted by Crippen LogP contribution is 2.29. The maximum absolute atomic E-state index is 5.42. The zero-order chi connectivity index (χ0) is 12.3. The third kappa shape index (κ3) is 3.02. The molecular formula is C11H13BrN4S. The van der Waals surface area contributed by atoms with Crippen molar-refractivity contribution >= 4 is 33.1 Å². The molecule has 0 unspecified atom stereocenters. The highest BCUT2D eigenvalue weighted by molar-refractivity contribution is 9.11. The van der Waals surface area contributed by atoms with Gasteiger partial charge >= 0.3 is 0 Å². The standard InChI is InChI=1S/C11H13BrN4S/c1-2-3-7-6-10(16-13)15-11(14-7)8-4-5-9(12)17-8/h4-6H,2-3,13H2,1H3,(H,14,15,16). The first kappa shape index (κ1) is 12.5. The molecule has 0 fully saturated rings. The van der Waals surface area contributed by atoms with E-state index in [1.807, 2.05) is 18.2 Å². The monoisotopic (exact) mass is 312 g/mol. The fraction of sp³-hybridized carbons (Fsp3) is 0.273. The minimum atomic E-state index is 0.656. The van der Waals surface area contributed by atoms with E-state index in [9.17, 15) is 0 Å². The topological polar surface area (TPSA) is 63.8 Å². The number of anilines is 1. The Hall–Kier alpha value is -0.980. The van der Waals surface area contributed by atoms with Crippen molar-refractivity contribution in [2.24, 2.45) is 5.84 Å². The van der Waals surface area contributed by atoms with Crippen LogP contribution in [0, 0.1) is 0 Å². The average molecular weight is 313 g/mol. The van der Waals surface area contributed by atoms with Crippen molar-refractivity contribution in [2.75, 3.05) is 5.43 Å². The summed E-state index contributed by atoms with van der Waals surface area (Å²) in [6.45, 7) is 2.12. The van der Waals surface area contributed by atoms with Gasteiger partial charge in [0.25, 0.3) is 0 Å². The molecule has 0 saturated carbocycles. The smallest absolute Gasteiger partial charge is 0.171 e. The number of hydrazine groups is 1. The molecule has 0 saturated heterocycles. The largest absolute Gasteiger partial charge is 0.308 e. The fourth-order valence-corrected chi connectivity index (χ4v) is 2.82. The van der Waals surface area contributed by atoms with Gasteiger partial charge in [-0.15, -0.1) is 11.3 Å². The normalized spacial score (nSPS) is 10.5. The second-order valence-electron chi connectivity index (χ2n) is 3.57. The molecule has 90 valence electrons. The van der Waals surface area contributed by atoms with Crippen molar-refractivity contribution in [3.8, 4) is 10.7 Å². The number of nitrogens with zero attached hydrogens (tertiary/aromatic N) is 2. The lowest BCUT2D eigenvalue weighted by atomic mass is 10.2. The molecule has 0 bridgehead atoms. The molecule has 0 atom stereocenters. The molecule has 0 radical (unpaired) electrons. The summed E-state index contributed by atoms with van der Waals surface area (Å²) < 4.78 is 1.07. The van der Waals surface area contributed by atoms with E-state index in [4.69, 9.17) is 5.84 Å². The molecule has 2 rings (SSSR count). The number of aromatic nitrogens is 2. The first-order valence-corrected chi connectivity index (χ1v) is 6.94. The van der Waals surface area contributed by atoms with Crippen molar-refractivity contribution in [1.29, 1.82) is 0 Å². The van der Waals surface area contributed by atoms with Crippen molar-refractivity contribution in [1.82, 2.24) is 9.97 Å². The number of halogens is 1. The van der Waals surface area contributed by atoms with Gasteiger partial charge < -0.3 is 5.43 Å². The van der Waals surface area contributed by atoms with Gasteiger partial charge in [0.2, 0.25) is 0 Å².